The molecule has 1 aliphatic rings. The van der Waals surface area contributed by atoms with Crippen LogP contribution in [0.4, 0.5) is 5.69 Å². The van der Waals surface area contributed by atoms with E-state index in [1.54, 1.807) is 12.0 Å². The third-order valence-electron chi connectivity index (χ3n) is 2.95. The Morgan fingerprint density at radius 3 is 2.94 bits per heavy atom. The SMILES string of the molecule is COCCCN1Cc2cc([N+](=O)[O-])ccc2C1=O. The molecule has 0 saturated carbocycles. The first-order valence-corrected chi connectivity index (χ1v) is 5.69. The molecule has 1 aromatic rings. The maximum Gasteiger partial charge on any atom is 0.269 e. The highest BCUT2D eigenvalue weighted by Crippen LogP contribution is 2.26. The molecule has 0 saturated heterocycles. The molecule has 0 fully saturated rings. The summed E-state index contributed by atoms with van der Waals surface area (Å²) in [5.41, 5.74) is 1.32. The molecule has 0 unspecified atom stereocenters. The Hall–Kier alpha value is -1.95. The van der Waals surface area contributed by atoms with Crippen molar-refractivity contribution in [2.45, 2.75) is 13.0 Å². The Bertz CT molecular complexity index is 487. The van der Waals surface area contributed by atoms with Crippen molar-refractivity contribution in [1.82, 2.24) is 4.90 Å². The summed E-state index contributed by atoms with van der Waals surface area (Å²) < 4.78 is 4.94. The van der Waals surface area contributed by atoms with Crippen molar-refractivity contribution in [3.05, 3.63) is 39.4 Å². The number of carbonyl (C=O) groups excluding carboxylic acids is 1. The molecule has 0 radical (unpaired) electrons. The average Bonchev–Trinajstić information content (AvgIpc) is 2.66. The van der Waals surface area contributed by atoms with Gasteiger partial charge in [0.05, 0.1) is 4.92 Å². The molecule has 0 aromatic heterocycles. The van der Waals surface area contributed by atoms with E-state index in [1.807, 2.05) is 0 Å². The number of nitrogens with zero attached hydrogens (tertiary/aromatic N) is 2. The lowest BCUT2D eigenvalue weighted by Gasteiger charge is -2.14. The van der Waals surface area contributed by atoms with E-state index >= 15 is 0 Å². The zero-order valence-corrected chi connectivity index (χ0v) is 10.1. The second-order valence-corrected chi connectivity index (χ2v) is 4.17. The van der Waals surface area contributed by atoms with Gasteiger partial charge >= 0.3 is 0 Å². The number of rotatable bonds is 5. The maximum absolute atomic E-state index is 12.0. The highest BCUT2D eigenvalue weighted by Gasteiger charge is 2.28. The Labute approximate surface area is 104 Å². The molecule has 0 bridgehead atoms. The molecular weight excluding hydrogens is 236 g/mol. The van der Waals surface area contributed by atoms with Crippen LogP contribution in [0.5, 0.6) is 0 Å². The molecule has 1 aromatic carbocycles. The third kappa shape index (κ3) is 2.33. The molecule has 0 N–H and O–H groups in total. The lowest BCUT2D eigenvalue weighted by atomic mass is 10.1. The number of carbonyl (C=O) groups is 1. The van der Waals surface area contributed by atoms with E-state index in [2.05, 4.69) is 0 Å². The van der Waals surface area contributed by atoms with Gasteiger partial charge < -0.3 is 9.64 Å². The molecular formula is C12H14N2O4. The van der Waals surface area contributed by atoms with Crippen molar-refractivity contribution in [3.8, 4) is 0 Å². The lowest BCUT2D eigenvalue weighted by molar-refractivity contribution is -0.384. The Kier molecular flexibility index (Phi) is 3.57. The molecule has 0 spiro atoms. The fourth-order valence-corrected chi connectivity index (χ4v) is 2.06. The maximum atomic E-state index is 12.0. The van der Waals surface area contributed by atoms with Gasteiger partial charge in [-0.3, -0.25) is 14.9 Å². The van der Waals surface area contributed by atoms with Crippen LogP contribution in [0.2, 0.25) is 0 Å². The van der Waals surface area contributed by atoms with E-state index in [4.69, 9.17) is 4.74 Å². The van der Waals surface area contributed by atoms with Gasteiger partial charge in [0, 0.05) is 44.5 Å². The minimum Gasteiger partial charge on any atom is -0.385 e. The number of methoxy groups -OCH3 is 1. The number of non-ortho nitro benzene ring substituents is 1. The average molecular weight is 250 g/mol. The van der Waals surface area contributed by atoms with Crippen molar-refractivity contribution in [2.24, 2.45) is 0 Å². The molecule has 18 heavy (non-hydrogen) atoms. The number of nitro groups is 1. The van der Waals surface area contributed by atoms with E-state index in [9.17, 15) is 14.9 Å². The summed E-state index contributed by atoms with van der Waals surface area (Å²) in [6.45, 7) is 1.65. The van der Waals surface area contributed by atoms with Crippen LogP contribution in [0.3, 0.4) is 0 Å². The van der Waals surface area contributed by atoms with Crippen LogP contribution < -0.4 is 0 Å². The smallest absolute Gasteiger partial charge is 0.269 e. The quantitative estimate of drug-likeness (QED) is 0.452. The third-order valence-corrected chi connectivity index (χ3v) is 2.95. The molecule has 1 heterocycles. The van der Waals surface area contributed by atoms with E-state index in [1.165, 1.54) is 18.2 Å². The second-order valence-electron chi connectivity index (χ2n) is 4.17. The van der Waals surface area contributed by atoms with Gasteiger partial charge in [-0.1, -0.05) is 0 Å². The van der Waals surface area contributed by atoms with Gasteiger partial charge in [0.1, 0.15) is 0 Å². The monoisotopic (exact) mass is 250 g/mol. The summed E-state index contributed by atoms with van der Waals surface area (Å²) in [5.74, 6) is -0.0593. The zero-order chi connectivity index (χ0) is 13.1. The number of hydrogen-bond acceptors (Lipinski definition) is 4. The van der Waals surface area contributed by atoms with Crippen LogP contribution in [0.25, 0.3) is 0 Å². The summed E-state index contributed by atoms with van der Waals surface area (Å²) in [4.78, 5) is 23.9. The van der Waals surface area contributed by atoms with Gasteiger partial charge in [-0.15, -0.1) is 0 Å². The molecule has 2 rings (SSSR count). The molecule has 1 amide bonds. The van der Waals surface area contributed by atoms with E-state index < -0.39 is 4.92 Å². The predicted molar refractivity (Wildman–Crippen MR) is 64.3 cm³/mol. The number of nitro benzene ring substituents is 1. The van der Waals surface area contributed by atoms with E-state index in [0.717, 1.165) is 12.0 Å². The van der Waals surface area contributed by atoms with Gasteiger partial charge in [-0.25, -0.2) is 0 Å². The van der Waals surface area contributed by atoms with Crippen LogP contribution >= 0.6 is 0 Å². The van der Waals surface area contributed by atoms with Crippen molar-refractivity contribution in [3.63, 3.8) is 0 Å². The molecule has 0 atom stereocenters. The van der Waals surface area contributed by atoms with Crippen LogP contribution in [-0.2, 0) is 11.3 Å². The normalized spacial score (nSPS) is 13.8. The number of benzene rings is 1. The second kappa shape index (κ2) is 5.14. The molecule has 1 aliphatic heterocycles. The summed E-state index contributed by atoms with van der Waals surface area (Å²) in [6.07, 6.45) is 0.762. The number of ether oxygens (including phenoxy) is 1. The standard InChI is InChI=1S/C12H14N2O4/c1-18-6-2-5-13-8-9-7-10(14(16)17)3-4-11(9)12(13)15/h3-4,7H,2,5-6,8H2,1H3. The zero-order valence-electron chi connectivity index (χ0n) is 10.1. The van der Waals surface area contributed by atoms with Crippen molar-refractivity contribution in [2.75, 3.05) is 20.3 Å². The summed E-state index contributed by atoms with van der Waals surface area (Å²) in [6, 6.07) is 4.38. The molecule has 96 valence electrons. The van der Waals surface area contributed by atoms with Gasteiger partial charge in [0.2, 0.25) is 0 Å². The summed E-state index contributed by atoms with van der Waals surface area (Å²) in [5, 5.41) is 10.7. The summed E-state index contributed by atoms with van der Waals surface area (Å²) in [7, 11) is 1.61. The van der Waals surface area contributed by atoms with Crippen LogP contribution in [0, 0.1) is 10.1 Å². The van der Waals surface area contributed by atoms with Gasteiger partial charge in [-0.2, -0.15) is 0 Å². The minimum atomic E-state index is -0.446. The first-order chi connectivity index (χ1) is 8.63. The number of hydrogen-bond donors (Lipinski definition) is 0. The number of fused-ring (bicyclic) bond motifs is 1. The largest absolute Gasteiger partial charge is 0.385 e. The molecule has 6 heteroatoms. The Balaban J connectivity index is 2.12. The van der Waals surface area contributed by atoms with Crippen LogP contribution in [0.1, 0.15) is 22.3 Å². The fraction of sp³-hybridized carbons (Fsp3) is 0.417. The van der Waals surface area contributed by atoms with Crippen molar-refractivity contribution in [1.29, 1.82) is 0 Å². The topological polar surface area (TPSA) is 72.7 Å². The first-order valence-electron chi connectivity index (χ1n) is 5.69. The minimum absolute atomic E-state index is 0.0280. The molecule has 6 nitrogen and oxygen atoms in total. The van der Waals surface area contributed by atoms with E-state index in [-0.39, 0.29) is 11.6 Å². The van der Waals surface area contributed by atoms with Gasteiger partial charge in [-0.05, 0) is 18.1 Å². The summed E-state index contributed by atoms with van der Waals surface area (Å²) >= 11 is 0. The van der Waals surface area contributed by atoms with Crippen LogP contribution in [0.15, 0.2) is 18.2 Å². The Morgan fingerprint density at radius 2 is 2.28 bits per heavy atom. The van der Waals surface area contributed by atoms with Crippen molar-refractivity contribution >= 4 is 11.6 Å². The van der Waals surface area contributed by atoms with Crippen molar-refractivity contribution < 1.29 is 14.5 Å². The highest BCUT2D eigenvalue weighted by atomic mass is 16.6. The molecule has 0 aliphatic carbocycles. The number of amides is 1. The van der Waals surface area contributed by atoms with Crippen LogP contribution in [-0.4, -0.2) is 36.0 Å². The van der Waals surface area contributed by atoms with E-state index in [0.29, 0.717) is 25.3 Å². The lowest BCUT2D eigenvalue weighted by Crippen LogP contribution is -2.25. The van der Waals surface area contributed by atoms with Gasteiger partial charge in [0.25, 0.3) is 11.6 Å². The first kappa shape index (κ1) is 12.5. The fourth-order valence-electron chi connectivity index (χ4n) is 2.06. The highest BCUT2D eigenvalue weighted by molar-refractivity contribution is 5.98. The Morgan fingerprint density at radius 1 is 1.50 bits per heavy atom. The van der Waals surface area contributed by atoms with Gasteiger partial charge in [0.15, 0.2) is 0 Å². The predicted octanol–water partition coefficient (Wildman–Crippen LogP) is 1.59.